The SMILES string of the molecule is CC(C)n1c(C2CCCN(C(=O)C(C)(C)C)C2)nn(C)c1=O. The lowest BCUT2D eigenvalue weighted by Gasteiger charge is -2.36. The van der Waals surface area contributed by atoms with E-state index in [1.54, 1.807) is 11.6 Å². The smallest absolute Gasteiger partial charge is 0.342 e. The minimum absolute atomic E-state index is 0.0740. The van der Waals surface area contributed by atoms with Crippen LogP contribution in [0, 0.1) is 5.41 Å². The Hall–Kier alpha value is -1.59. The molecule has 0 spiro atoms. The van der Waals surface area contributed by atoms with Crippen LogP contribution in [-0.2, 0) is 11.8 Å². The first-order valence-electron chi connectivity index (χ1n) is 8.07. The van der Waals surface area contributed by atoms with Gasteiger partial charge in [-0.25, -0.2) is 9.48 Å². The van der Waals surface area contributed by atoms with Crippen LogP contribution in [0.5, 0.6) is 0 Å². The van der Waals surface area contributed by atoms with Gasteiger partial charge >= 0.3 is 5.69 Å². The van der Waals surface area contributed by atoms with E-state index < -0.39 is 0 Å². The Morgan fingerprint density at radius 2 is 1.95 bits per heavy atom. The molecule has 1 amide bonds. The topological polar surface area (TPSA) is 60.1 Å². The molecular weight excluding hydrogens is 280 g/mol. The van der Waals surface area contributed by atoms with Crippen molar-refractivity contribution in [2.45, 2.75) is 59.4 Å². The van der Waals surface area contributed by atoms with Crippen LogP contribution in [0.15, 0.2) is 4.79 Å². The van der Waals surface area contributed by atoms with Crippen molar-refractivity contribution >= 4 is 5.91 Å². The Labute approximate surface area is 132 Å². The molecule has 1 aliphatic heterocycles. The highest BCUT2D eigenvalue weighted by atomic mass is 16.2. The summed E-state index contributed by atoms with van der Waals surface area (Å²) in [5.41, 5.74) is -0.451. The molecule has 2 rings (SSSR count). The maximum atomic E-state index is 12.5. The number of rotatable bonds is 2. The number of likely N-dealkylation sites (tertiary alicyclic amines) is 1. The number of nitrogens with zero attached hydrogens (tertiary/aromatic N) is 4. The summed E-state index contributed by atoms with van der Waals surface area (Å²) in [5, 5.41) is 4.44. The van der Waals surface area contributed by atoms with Gasteiger partial charge in [0.1, 0.15) is 5.82 Å². The van der Waals surface area contributed by atoms with Gasteiger partial charge in [-0.15, -0.1) is 0 Å². The maximum Gasteiger partial charge on any atom is 0.345 e. The molecule has 0 N–H and O–H groups in total. The zero-order chi connectivity index (χ0) is 16.7. The van der Waals surface area contributed by atoms with E-state index in [4.69, 9.17) is 0 Å². The number of amides is 1. The largest absolute Gasteiger partial charge is 0.345 e. The van der Waals surface area contributed by atoms with Crippen molar-refractivity contribution in [2.24, 2.45) is 12.5 Å². The van der Waals surface area contributed by atoms with Gasteiger partial charge in [-0.05, 0) is 26.7 Å². The molecule has 0 radical (unpaired) electrons. The summed E-state index contributed by atoms with van der Waals surface area (Å²) in [6, 6.07) is 0.0740. The number of hydrogen-bond donors (Lipinski definition) is 0. The standard InChI is InChI=1S/C16H28N4O2/c1-11(2)20-13(17-18(6)15(20)22)12-8-7-9-19(10-12)14(21)16(3,4)5/h11-12H,7-10H2,1-6H3. The van der Waals surface area contributed by atoms with E-state index >= 15 is 0 Å². The summed E-state index contributed by atoms with van der Waals surface area (Å²) in [6.07, 6.45) is 1.92. The molecule has 124 valence electrons. The van der Waals surface area contributed by atoms with E-state index in [2.05, 4.69) is 5.10 Å². The fraction of sp³-hybridized carbons (Fsp3) is 0.812. The van der Waals surface area contributed by atoms with Gasteiger partial charge in [0, 0.05) is 37.5 Å². The molecule has 1 aromatic heterocycles. The van der Waals surface area contributed by atoms with Crippen LogP contribution in [0.25, 0.3) is 0 Å². The van der Waals surface area contributed by atoms with Gasteiger partial charge in [-0.1, -0.05) is 20.8 Å². The van der Waals surface area contributed by atoms with Gasteiger partial charge in [0.25, 0.3) is 0 Å². The van der Waals surface area contributed by atoms with Crippen molar-refractivity contribution in [1.29, 1.82) is 0 Å². The fourth-order valence-electron chi connectivity index (χ4n) is 3.11. The summed E-state index contributed by atoms with van der Waals surface area (Å²) in [4.78, 5) is 26.7. The molecule has 6 nitrogen and oxygen atoms in total. The molecule has 6 heteroatoms. The number of carbonyl (C=O) groups excluding carboxylic acids is 1. The third-order valence-electron chi connectivity index (χ3n) is 4.21. The van der Waals surface area contributed by atoms with Crippen LogP contribution in [-0.4, -0.2) is 38.2 Å². The molecule has 1 atom stereocenters. The zero-order valence-electron chi connectivity index (χ0n) is 14.6. The van der Waals surface area contributed by atoms with Crippen molar-refractivity contribution in [1.82, 2.24) is 19.2 Å². The molecule has 0 saturated carbocycles. The summed E-state index contributed by atoms with van der Waals surface area (Å²) in [5.74, 6) is 1.12. The highest BCUT2D eigenvalue weighted by molar-refractivity contribution is 5.81. The quantitative estimate of drug-likeness (QED) is 0.838. The second kappa shape index (κ2) is 5.89. The minimum atomic E-state index is -0.371. The summed E-state index contributed by atoms with van der Waals surface area (Å²) >= 11 is 0. The summed E-state index contributed by atoms with van der Waals surface area (Å²) in [7, 11) is 1.69. The highest BCUT2D eigenvalue weighted by Crippen LogP contribution is 2.29. The van der Waals surface area contributed by atoms with Crippen LogP contribution >= 0.6 is 0 Å². The lowest BCUT2D eigenvalue weighted by molar-refractivity contribution is -0.140. The summed E-state index contributed by atoms with van der Waals surface area (Å²) < 4.78 is 3.16. The van der Waals surface area contributed by atoms with Crippen molar-refractivity contribution in [3.8, 4) is 0 Å². The highest BCUT2D eigenvalue weighted by Gasteiger charge is 2.33. The Balaban J connectivity index is 2.29. The molecule has 1 saturated heterocycles. The fourth-order valence-corrected chi connectivity index (χ4v) is 3.11. The molecule has 1 aromatic rings. The lowest BCUT2D eigenvalue weighted by Crippen LogP contribution is -2.45. The third kappa shape index (κ3) is 3.10. The Morgan fingerprint density at radius 1 is 1.32 bits per heavy atom. The average Bonchev–Trinajstić information content (AvgIpc) is 2.73. The van der Waals surface area contributed by atoms with Gasteiger partial charge in [0.2, 0.25) is 5.91 Å². The molecule has 0 aliphatic carbocycles. The normalized spacial score (nSPS) is 19.8. The van der Waals surface area contributed by atoms with E-state index in [9.17, 15) is 9.59 Å². The molecule has 1 unspecified atom stereocenters. The van der Waals surface area contributed by atoms with Crippen molar-refractivity contribution < 1.29 is 4.79 Å². The molecule has 22 heavy (non-hydrogen) atoms. The van der Waals surface area contributed by atoms with E-state index in [1.807, 2.05) is 39.5 Å². The number of hydrogen-bond acceptors (Lipinski definition) is 3. The van der Waals surface area contributed by atoms with Gasteiger partial charge < -0.3 is 4.90 Å². The lowest BCUT2D eigenvalue weighted by atomic mass is 9.91. The predicted molar refractivity (Wildman–Crippen MR) is 85.9 cm³/mol. The van der Waals surface area contributed by atoms with Crippen LogP contribution in [0.1, 0.15) is 65.2 Å². The van der Waals surface area contributed by atoms with Crippen molar-refractivity contribution in [3.05, 3.63) is 16.3 Å². The molecule has 1 fully saturated rings. The van der Waals surface area contributed by atoms with Gasteiger partial charge in [-0.3, -0.25) is 9.36 Å². The van der Waals surface area contributed by atoms with Crippen molar-refractivity contribution in [2.75, 3.05) is 13.1 Å². The van der Waals surface area contributed by atoms with Gasteiger partial charge in [-0.2, -0.15) is 5.10 Å². The first kappa shape index (κ1) is 16.8. The Kier molecular flexibility index (Phi) is 4.49. The third-order valence-corrected chi connectivity index (χ3v) is 4.21. The monoisotopic (exact) mass is 308 g/mol. The Morgan fingerprint density at radius 3 is 2.50 bits per heavy atom. The molecule has 1 aliphatic rings. The maximum absolute atomic E-state index is 12.5. The van der Waals surface area contributed by atoms with E-state index in [1.165, 1.54) is 4.68 Å². The predicted octanol–water partition coefficient (Wildman–Crippen LogP) is 1.91. The Bertz CT molecular complexity index is 607. The molecule has 0 bridgehead atoms. The second-order valence-electron chi connectivity index (χ2n) is 7.57. The average molecular weight is 308 g/mol. The van der Waals surface area contributed by atoms with E-state index in [-0.39, 0.29) is 29.0 Å². The van der Waals surface area contributed by atoms with Crippen molar-refractivity contribution in [3.63, 3.8) is 0 Å². The van der Waals surface area contributed by atoms with Crippen LogP contribution in [0.2, 0.25) is 0 Å². The van der Waals surface area contributed by atoms with E-state index in [0.717, 1.165) is 25.2 Å². The number of piperidine rings is 1. The molecular formula is C16H28N4O2. The molecule has 2 heterocycles. The van der Waals surface area contributed by atoms with Crippen LogP contribution in [0.4, 0.5) is 0 Å². The van der Waals surface area contributed by atoms with E-state index in [0.29, 0.717) is 6.54 Å². The van der Waals surface area contributed by atoms with Crippen LogP contribution < -0.4 is 5.69 Å². The van der Waals surface area contributed by atoms with Crippen LogP contribution in [0.3, 0.4) is 0 Å². The number of aryl methyl sites for hydroxylation is 1. The minimum Gasteiger partial charge on any atom is -0.342 e. The zero-order valence-corrected chi connectivity index (χ0v) is 14.6. The molecule has 0 aromatic carbocycles. The first-order chi connectivity index (χ1) is 10.1. The number of aromatic nitrogens is 3. The van der Waals surface area contributed by atoms with Gasteiger partial charge in [0.15, 0.2) is 0 Å². The first-order valence-corrected chi connectivity index (χ1v) is 8.07. The second-order valence-corrected chi connectivity index (χ2v) is 7.57. The number of carbonyl (C=O) groups is 1. The summed E-state index contributed by atoms with van der Waals surface area (Å²) in [6.45, 7) is 11.3. The van der Waals surface area contributed by atoms with Gasteiger partial charge in [0.05, 0.1) is 0 Å².